The van der Waals surface area contributed by atoms with E-state index >= 15 is 0 Å². The van der Waals surface area contributed by atoms with Crippen LogP contribution in [0, 0.1) is 0 Å². The predicted molar refractivity (Wildman–Crippen MR) is 84.8 cm³/mol. The Morgan fingerprint density at radius 3 is 1.81 bits per heavy atom. The van der Waals surface area contributed by atoms with Gasteiger partial charge in [0.25, 0.3) is 5.91 Å². The van der Waals surface area contributed by atoms with Crippen LogP contribution in [-0.4, -0.2) is 10.5 Å². The molecule has 0 fully saturated rings. The van der Waals surface area contributed by atoms with Gasteiger partial charge in [0, 0.05) is 30.8 Å². The van der Waals surface area contributed by atoms with Crippen molar-refractivity contribution in [2.45, 2.75) is 0 Å². The fourth-order valence-electron chi connectivity index (χ4n) is 2.30. The molecule has 0 saturated carbocycles. The largest absolute Gasteiger partial charge is 0.356 e. The maximum atomic E-state index is 12.9. The number of aromatic nitrogens is 1. The monoisotopic (exact) mass is 276 g/mol. The minimum Gasteiger partial charge on any atom is -0.356 e. The molecule has 0 aliphatic carbocycles. The number of para-hydroxylation sites is 2. The van der Waals surface area contributed by atoms with E-state index in [1.807, 2.05) is 90.7 Å². The molecule has 1 heterocycles. The molecule has 3 nitrogen and oxygen atoms in total. The minimum atomic E-state index is -0.0343. The highest BCUT2D eigenvalue weighted by Gasteiger charge is 2.19. The van der Waals surface area contributed by atoms with E-state index in [9.17, 15) is 4.79 Å². The number of hydrogen-bond donors (Lipinski definition) is 0. The SMILES string of the molecule is Cn1ccc(C(=O)N(c2ccccc2)c2ccccc2)c1. The van der Waals surface area contributed by atoms with Gasteiger partial charge in [-0.05, 0) is 30.3 Å². The molecule has 0 aliphatic rings. The summed E-state index contributed by atoms with van der Waals surface area (Å²) in [6, 6.07) is 21.2. The standard InChI is InChI=1S/C18H16N2O/c1-19-13-12-15(14-19)18(21)20(16-8-4-2-5-9-16)17-10-6-3-7-11-17/h2-14H,1H3. The second-order valence-electron chi connectivity index (χ2n) is 4.88. The smallest absolute Gasteiger partial charge is 0.264 e. The summed E-state index contributed by atoms with van der Waals surface area (Å²) in [6.07, 6.45) is 3.71. The fraction of sp³-hybridized carbons (Fsp3) is 0.0556. The lowest BCUT2D eigenvalue weighted by Crippen LogP contribution is -2.25. The molecule has 0 atom stereocenters. The first-order valence-corrected chi connectivity index (χ1v) is 6.82. The zero-order valence-electron chi connectivity index (χ0n) is 11.8. The number of aryl methyl sites for hydroxylation is 1. The molecule has 0 aliphatic heterocycles. The quantitative estimate of drug-likeness (QED) is 0.709. The maximum Gasteiger partial charge on any atom is 0.264 e. The van der Waals surface area contributed by atoms with Crippen molar-refractivity contribution in [3.05, 3.63) is 84.7 Å². The molecule has 0 radical (unpaired) electrons. The number of benzene rings is 2. The average molecular weight is 276 g/mol. The number of carbonyl (C=O) groups excluding carboxylic acids is 1. The van der Waals surface area contributed by atoms with E-state index in [0.29, 0.717) is 5.56 Å². The van der Waals surface area contributed by atoms with Gasteiger partial charge in [0.05, 0.1) is 5.56 Å². The van der Waals surface area contributed by atoms with Gasteiger partial charge in [-0.3, -0.25) is 9.69 Å². The van der Waals surface area contributed by atoms with E-state index in [1.54, 1.807) is 4.90 Å². The Hall–Kier alpha value is -2.81. The van der Waals surface area contributed by atoms with Gasteiger partial charge >= 0.3 is 0 Å². The molecule has 0 unspecified atom stereocenters. The molecule has 0 spiro atoms. The molecule has 0 saturated heterocycles. The van der Waals surface area contributed by atoms with Gasteiger partial charge in [-0.15, -0.1) is 0 Å². The Balaban J connectivity index is 2.07. The van der Waals surface area contributed by atoms with Crippen molar-refractivity contribution in [3.8, 4) is 0 Å². The topological polar surface area (TPSA) is 25.2 Å². The van der Waals surface area contributed by atoms with E-state index in [2.05, 4.69) is 0 Å². The third-order valence-electron chi connectivity index (χ3n) is 3.31. The molecule has 21 heavy (non-hydrogen) atoms. The zero-order chi connectivity index (χ0) is 14.7. The third-order valence-corrected chi connectivity index (χ3v) is 3.31. The maximum absolute atomic E-state index is 12.9. The molecule has 2 aromatic carbocycles. The summed E-state index contributed by atoms with van der Waals surface area (Å²) in [6.45, 7) is 0. The van der Waals surface area contributed by atoms with Crippen LogP contribution in [0.3, 0.4) is 0 Å². The van der Waals surface area contributed by atoms with Crippen LogP contribution in [0.1, 0.15) is 10.4 Å². The van der Waals surface area contributed by atoms with Crippen molar-refractivity contribution in [3.63, 3.8) is 0 Å². The molecule has 0 N–H and O–H groups in total. The van der Waals surface area contributed by atoms with E-state index in [4.69, 9.17) is 0 Å². The van der Waals surface area contributed by atoms with E-state index in [1.165, 1.54) is 0 Å². The van der Waals surface area contributed by atoms with E-state index in [0.717, 1.165) is 11.4 Å². The summed E-state index contributed by atoms with van der Waals surface area (Å²) in [5.41, 5.74) is 2.39. The number of nitrogens with zero attached hydrogens (tertiary/aromatic N) is 2. The van der Waals surface area contributed by atoms with Crippen LogP contribution in [0.25, 0.3) is 0 Å². The van der Waals surface area contributed by atoms with Gasteiger partial charge in [0.2, 0.25) is 0 Å². The van der Waals surface area contributed by atoms with Crippen molar-refractivity contribution in [2.75, 3.05) is 4.90 Å². The van der Waals surface area contributed by atoms with Crippen LogP contribution < -0.4 is 4.90 Å². The highest BCUT2D eigenvalue weighted by atomic mass is 16.2. The highest BCUT2D eigenvalue weighted by Crippen LogP contribution is 2.27. The number of rotatable bonds is 3. The minimum absolute atomic E-state index is 0.0343. The van der Waals surface area contributed by atoms with E-state index in [-0.39, 0.29) is 5.91 Å². The van der Waals surface area contributed by atoms with Crippen LogP contribution in [0.5, 0.6) is 0 Å². The van der Waals surface area contributed by atoms with Crippen LogP contribution in [0.15, 0.2) is 79.1 Å². The van der Waals surface area contributed by atoms with Gasteiger partial charge in [0.1, 0.15) is 0 Å². The number of hydrogen-bond acceptors (Lipinski definition) is 1. The fourth-order valence-corrected chi connectivity index (χ4v) is 2.30. The molecular weight excluding hydrogens is 260 g/mol. The molecule has 0 bridgehead atoms. The van der Waals surface area contributed by atoms with Gasteiger partial charge in [-0.2, -0.15) is 0 Å². The summed E-state index contributed by atoms with van der Waals surface area (Å²) in [7, 11) is 1.91. The number of anilines is 2. The lowest BCUT2D eigenvalue weighted by atomic mass is 10.2. The number of amides is 1. The third kappa shape index (κ3) is 2.72. The molecule has 3 rings (SSSR count). The van der Waals surface area contributed by atoms with Crippen LogP contribution >= 0.6 is 0 Å². The van der Waals surface area contributed by atoms with E-state index < -0.39 is 0 Å². The van der Waals surface area contributed by atoms with Crippen molar-refractivity contribution in [1.82, 2.24) is 4.57 Å². The molecule has 3 heteroatoms. The second kappa shape index (κ2) is 5.67. The summed E-state index contributed by atoms with van der Waals surface area (Å²) >= 11 is 0. The first-order chi connectivity index (χ1) is 10.3. The molecular formula is C18H16N2O. The highest BCUT2D eigenvalue weighted by molar-refractivity contribution is 6.10. The normalized spacial score (nSPS) is 10.3. The van der Waals surface area contributed by atoms with Crippen molar-refractivity contribution in [1.29, 1.82) is 0 Å². The van der Waals surface area contributed by atoms with Gasteiger partial charge < -0.3 is 4.57 Å². The zero-order valence-corrected chi connectivity index (χ0v) is 11.8. The second-order valence-corrected chi connectivity index (χ2v) is 4.88. The van der Waals surface area contributed by atoms with Crippen molar-refractivity contribution >= 4 is 17.3 Å². The summed E-state index contributed by atoms with van der Waals surface area (Å²) in [5.74, 6) is -0.0343. The summed E-state index contributed by atoms with van der Waals surface area (Å²) < 4.78 is 1.88. The van der Waals surface area contributed by atoms with Crippen molar-refractivity contribution in [2.24, 2.45) is 7.05 Å². The van der Waals surface area contributed by atoms with Crippen LogP contribution in [0.2, 0.25) is 0 Å². The lowest BCUT2D eigenvalue weighted by molar-refractivity contribution is 0.0999. The molecule has 3 aromatic rings. The van der Waals surface area contributed by atoms with Gasteiger partial charge in [-0.25, -0.2) is 0 Å². The summed E-state index contributed by atoms with van der Waals surface area (Å²) in [5, 5.41) is 0. The average Bonchev–Trinajstić information content (AvgIpc) is 2.96. The summed E-state index contributed by atoms with van der Waals surface area (Å²) in [4.78, 5) is 14.6. The van der Waals surface area contributed by atoms with Crippen LogP contribution in [0.4, 0.5) is 11.4 Å². The Morgan fingerprint density at radius 2 is 1.38 bits per heavy atom. The first kappa shape index (κ1) is 13.2. The Labute approximate surface area is 124 Å². The molecule has 1 amide bonds. The predicted octanol–water partition coefficient (Wildman–Crippen LogP) is 4.00. The van der Waals surface area contributed by atoms with Gasteiger partial charge in [-0.1, -0.05) is 36.4 Å². The Morgan fingerprint density at radius 1 is 0.857 bits per heavy atom. The molecule has 104 valence electrons. The first-order valence-electron chi connectivity index (χ1n) is 6.82. The van der Waals surface area contributed by atoms with Crippen molar-refractivity contribution < 1.29 is 4.79 Å². The Kier molecular flexibility index (Phi) is 3.56. The van der Waals surface area contributed by atoms with Crippen LogP contribution in [-0.2, 0) is 7.05 Å². The lowest BCUT2D eigenvalue weighted by Gasteiger charge is -2.22. The van der Waals surface area contributed by atoms with Gasteiger partial charge in [0.15, 0.2) is 0 Å². The molecule has 1 aromatic heterocycles. The number of carbonyl (C=O) groups is 1. The Bertz CT molecular complexity index is 693.